The normalized spacial score (nSPS) is 15.6. The van der Waals surface area contributed by atoms with Crippen molar-refractivity contribution in [3.63, 3.8) is 0 Å². The number of aryl methyl sites for hydroxylation is 1. The molecule has 1 unspecified atom stereocenters. The summed E-state index contributed by atoms with van der Waals surface area (Å²) in [7, 11) is 0. The standard InChI is InChI=1S/C21H21NO5/c1-3-24-14-8-9-17-16(10-14)13(2)20(27-17)21(23)22-11-15-12-25-18-6-4-5-7-19(18)26-15/h4-10,15H,3,11-12H2,1-2H3,(H,22,23). The van der Waals surface area contributed by atoms with Gasteiger partial charge in [-0.3, -0.25) is 4.79 Å². The van der Waals surface area contributed by atoms with Crippen LogP contribution >= 0.6 is 0 Å². The fourth-order valence-electron chi connectivity index (χ4n) is 3.12. The SMILES string of the molecule is CCOc1ccc2oc(C(=O)NCC3COc4ccccc4O3)c(C)c2c1. The van der Waals surface area contributed by atoms with Crippen LogP contribution in [0, 0.1) is 6.92 Å². The first-order valence-corrected chi connectivity index (χ1v) is 8.98. The lowest BCUT2D eigenvalue weighted by Gasteiger charge is -2.26. The molecule has 2 heterocycles. The fraction of sp³-hybridized carbons (Fsp3) is 0.286. The molecule has 2 aromatic carbocycles. The summed E-state index contributed by atoms with van der Waals surface area (Å²) in [6, 6.07) is 13.0. The Morgan fingerprint density at radius 2 is 2.04 bits per heavy atom. The van der Waals surface area contributed by atoms with Crippen molar-refractivity contribution in [1.29, 1.82) is 0 Å². The third-order valence-electron chi connectivity index (χ3n) is 4.48. The maximum atomic E-state index is 12.6. The second kappa shape index (κ2) is 7.23. The molecule has 1 N–H and O–H groups in total. The summed E-state index contributed by atoms with van der Waals surface area (Å²) in [6.45, 7) is 5.10. The summed E-state index contributed by atoms with van der Waals surface area (Å²) >= 11 is 0. The average molecular weight is 367 g/mol. The van der Waals surface area contributed by atoms with Crippen LogP contribution < -0.4 is 19.5 Å². The first-order valence-electron chi connectivity index (χ1n) is 8.98. The molecule has 0 spiro atoms. The number of hydrogen-bond donors (Lipinski definition) is 1. The Balaban J connectivity index is 1.45. The molecule has 27 heavy (non-hydrogen) atoms. The Morgan fingerprint density at radius 3 is 2.85 bits per heavy atom. The van der Waals surface area contributed by atoms with Crippen LogP contribution in [0.15, 0.2) is 46.9 Å². The predicted octanol–water partition coefficient (Wildman–Crippen LogP) is 3.71. The zero-order valence-electron chi connectivity index (χ0n) is 15.3. The Morgan fingerprint density at radius 1 is 1.22 bits per heavy atom. The summed E-state index contributed by atoms with van der Waals surface area (Å²) < 4.78 is 22.8. The van der Waals surface area contributed by atoms with Gasteiger partial charge in [-0.05, 0) is 44.2 Å². The third kappa shape index (κ3) is 3.43. The molecular weight excluding hydrogens is 346 g/mol. The monoisotopic (exact) mass is 367 g/mol. The summed E-state index contributed by atoms with van der Waals surface area (Å²) in [4.78, 5) is 12.6. The molecule has 1 aliphatic rings. The van der Waals surface area contributed by atoms with Gasteiger partial charge in [0, 0.05) is 10.9 Å². The van der Waals surface area contributed by atoms with Gasteiger partial charge < -0.3 is 23.9 Å². The van der Waals surface area contributed by atoms with Crippen LogP contribution in [0.2, 0.25) is 0 Å². The zero-order valence-corrected chi connectivity index (χ0v) is 15.3. The highest BCUT2D eigenvalue weighted by Gasteiger charge is 2.23. The number of carbonyl (C=O) groups excluding carboxylic acids is 1. The Kier molecular flexibility index (Phi) is 4.62. The van der Waals surface area contributed by atoms with Crippen LogP contribution in [0.1, 0.15) is 23.0 Å². The molecule has 1 amide bonds. The lowest BCUT2D eigenvalue weighted by Crippen LogP contribution is -2.40. The van der Waals surface area contributed by atoms with Gasteiger partial charge in [-0.2, -0.15) is 0 Å². The highest BCUT2D eigenvalue weighted by atomic mass is 16.6. The van der Waals surface area contributed by atoms with E-state index in [0.717, 1.165) is 22.4 Å². The smallest absolute Gasteiger partial charge is 0.287 e. The number of rotatable bonds is 5. The van der Waals surface area contributed by atoms with Crippen molar-refractivity contribution in [1.82, 2.24) is 5.32 Å². The van der Waals surface area contributed by atoms with E-state index < -0.39 is 0 Å². The number of para-hydroxylation sites is 2. The molecule has 0 bridgehead atoms. The van der Waals surface area contributed by atoms with Crippen molar-refractivity contribution in [3.05, 3.63) is 53.8 Å². The van der Waals surface area contributed by atoms with Crippen molar-refractivity contribution >= 4 is 16.9 Å². The minimum atomic E-state index is -0.274. The number of amides is 1. The highest BCUT2D eigenvalue weighted by Crippen LogP contribution is 2.31. The van der Waals surface area contributed by atoms with Crippen LogP contribution in [-0.4, -0.2) is 31.8 Å². The van der Waals surface area contributed by atoms with Crippen molar-refractivity contribution < 1.29 is 23.4 Å². The summed E-state index contributed by atoms with van der Waals surface area (Å²) in [5, 5.41) is 3.74. The minimum absolute atomic E-state index is 0.252. The molecule has 0 saturated heterocycles. The second-order valence-corrected chi connectivity index (χ2v) is 6.35. The maximum absolute atomic E-state index is 12.6. The topological polar surface area (TPSA) is 69.9 Å². The van der Waals surface area contributed by atoms with Crippen molar-refractivity contribution in [2.75, 3.05) is 19.8 Å². The first-order chi connectivity index (χ1) is 13.2. The average Bonchev–Trinajstić information content (AvgIpc) is 3.02. The van der Waals surface area contributed by atoms with Gasteiger partial charge >= 0.3 is 0 Å². The van der Waals surface area contributed by atoms with E-state index in [1.165, 1.54) is 0 Å². The molecule has 0 fully saturated rings. The number of fused-ring (bicyclic) bond motifs is 2. The van der Waals surface area contributed by atoms with E-state index in [4.69, 9.17) is 18.6 Å². The molecule has 1 aliphatic heterocycles. The quantitative estimate of drug-likeness (QED) is 0.744. The number of hydrogen-bond acceptors (Lipinski definition) is 5. The van der Waals surface area contributed by atoms with E-state index >= 15 is 0 Å². The molecule has 0 radical (unpaired) electrons. The Bertz CT molecular complexity index is 978. The lowest BCUT2D eigenvalue weighted by atomic mass is 10.1. The van der Waals surface area contributed by atoms with Crippen molar-refractivity contribution in [2.45, 2.75) is 20.0 Å². The van der Waals surface area contributed by atoms with Crippen LogP contribution in [0.4, 0.5) is 0 Å². The molecule has 1 atom stereocenters. The second-order valence-electron chi connectivity index (χ2n) is 6.35. The van der Waals surface area contributed by atoms with E-state index in [9.17, 15) is 4.79 Å². The zero-order chi connectivity index (χ0) is 18.8. The van der Waals surface area contributed by atoms with Gasteiger partial charge in [0.2, 0.25) is 0 Å². The van der Waals surface area contributed by atoms with Crippen molar-refractivity contribution in [2.24, 2.45) is 0 Å². The maximum Gasteiger partial charge on any atom is 0.287 e. The van der Waals surface area contributed by atoms with E-state index in [0.29, 0.717) is 36.9 Å². The van der Waals surface area contributed by atoms with E-state index in [2.05, 4.69) is 5.32 Å². The molecule has 6 heteroatoms. The van der Waals surface area contributed by atoms with Gasteiger partial charge in [0.25, 0.3) is 5.91 Å². The van der Waals surface area contributed by atoms with Gasteiger partial charge in [0.1, 0.15) is 24.0 Å². The van der Waals surface area contributed by atoms with Gasteiger partial charge in [-0.25, -0.2) is 0 Å². The summed E-state index contributed by atoms with van der Waals surface area (Å²) in [6.07, 6.45) is -0.252. The molecule has 1 aromatic heterocycles. The van der Waals surface area contributed by atoms with Gasteiger partial charge in [-0.15, -0.1) is 0 Å². The minimum Gasteiger partial charge on any atom is -0.494 e. The molecular formula is C21H21NO5. The summed E-state index contributed by atoms with van der Waals surface area (Å²) in [5.74, 6) is 2.19. The van der Waals surface area contributed by atoms with Crippen LogP contribution in [-0.2, 0) is 0 Å². The molecule has 0 aliphatic carbocycles. The lowest BCUT2D eigenvalue weighted by molar-refractivity contribution is 0.0774. The Hall–Kier alpha value is -3.15. The van der Waals surface area contributed by atoms with Crippen LogP contribution in [0.3, 0.4) is 0 Å². The first kappa shape index (κ1) is 17.3. The molecule has 3 aromatic rings. The number of furan rings is 1. The molecule has 6 nitrogen and oxygen atoms in total. The molecule has 4 rings (SSSR count). The van der Waals surface area contributed by atoms with Gasteiger partial charge in [-0.1, -0.05) is 12.1 Å². The fourth-order valence-corrected chi connectivity index (χ4v) is 3.12. The Labute approximate surface area is 157 Å². The van der Waals surface area contributed by atoms with Crippen molar-refractivity contribution in [3.8, 4) is 17.2 Å². The van der Waals surface area contributed by atoms with Gasteiger partial charge in [0.15, 0.2) is 17.3 Å². The van der Waals surface area contributed by atoms with E-state index in [1.54, 1.807) is 0 Å². The van der Waals surface area contributed by atoms with Crippen LogP contribution in [0.25, 0.3) is 11.0 Å². The largest absolute Gasteiger partial charge is 0.494 e. The number of benzene rings is 2. The number of carbonyl (C=O) groups is 1. The molecule has 140 valence electrons. The third-order valence-corrected chi connectivity index (χ3v) is 4.48. The summed E-state index contributed by atoms with van der Waals surface area (Å²) in [5.41, 5.74) is 1.45. The molecule has 0 saturated carbocycles. The number of nitrogens with one attached hydrogen (secondary N) is 1. The predicted molar refractivity (Wildman–Crippen MR) is 101 cm³/mol. The van der Waals surface area contributed by atoms with E-state index in [-0.39, 0.29) is 12.0 Å². The van der Waals surface area contributed by atoms with Crippen LogP contribution in [0.5, 0.6) is 17.2 Å². The van der Waals surface area contributed by atoms with E-state index in [1.807, 2.05) is 56.3 Å². The number of ether oxygens (including phenoxy) is 3. The highest BCUT2D eigenvalue weighted by molar-refractivity contribution is 5.99. The van der Waals surface area contributed by atoms with Gasteiger partial charge in [0.05, 0.1) is 13.2 Å².